The van der Waals surface area contributed by atoms with Crippen LogP contribution in [0.1, 0.15) is 31.1 Å². The zero-order valence-electron chi connectivity index (χ0n) is 13.6. The predicted octanol–water partition coefficient (Wildman–Crippen LogP) is 2.58. The molecule has 1 saturated heterocycles. The molecule has 0 bridgehead atoms. The van der Waals surface area contributed by atoms with Gasteiger partial charge in [0.1, 0.15) is 4.21 Å². The molecule has 1 aliphatic heterocycles. The predicted molar refractivity (Wildman–Crippen MR) is 88.9 cm³/mol. The monoisotopic (exact) mass is 380 g/mol. The van der Waals surface area contributed by atoms with E-state index in [0.29, 0.717) is 24.4 Å². The molecule has 0 aliphatic carbocycles. The lowest BCUT2D eigenvalue weighted by atomic mass is 10.3. The summed E-state index contributed by atoms with van der Waals surface area (Å²) in [7, 11) is -3.50. The molecule has 1 aromatic heterocycles. The number of carbonyl (C=O) groups is 1. The first kappa shape index (κ1) is 19.3. The van der Waals surface area contributed by atoms with Crippen molar-refractivity contribution in [1.29, 1.82) is 0 Å². The van der Waals surface area contributed by atoms with Gasteiger partial charge in [0.25, 0.3) is 16.4 Å². The van der Waals surface area contributed by atoms with E-state index in [9.17, 15) is 22.0 Å². The molecule has 0 radical (unpaired) electrons. The van der Waals surface area contributed by atoms with Gasteiger partial charge in [-0.05, 0) is 31.4 Å². The highest BCUT2D eigenvalue weighted by Crippen LogP contribution is 2.27. The van der Waals surface area contributed by atoms with Crippen LogP contribution in [0.3, 0.4) is 0 Å². The number of thiophene rings is 1. The Bertz CT molecular complexity index is 655. The highest BCUT2D eigenvalue weighted by atomic mass is 32.2. The van der Waals surface area contributed by atoms with Crippen LogP contribution in [0, 0.1) is 0 Å². The molecule has 2 heterocycles. The van der Waals surface area contributed by atoms with Crippen LogP contribution in [0.5, 0.6) is 0 Å². The van der Waals surface area contributed by atoms with Crippen LogP contribution in [0.15, 0.2) is 16.3 Å². The number of rotatable bonds is 8. The standard InChI is InChI=1S/C15H22F2N2O3S2/c1-2-7-18(11-13(16)17)14(20)10-12-5-6-15(23-12)24(21,22)19-8-3-4-9-19/h5-6,13H,2-4,7-11H2,1H3. The van der Waals surface area contributed by atoms with Gasteiger partial charge in [-0.3, -0.25) is 4.79 Å². The van der Waals surface area contributed by atoms with E-state index >= 15 is 0 Å². The summed E-state index contributed by atoms with van der Waals surface area (Å²) in [6, 6.07) is 3.09. The van der Waals surface area contributed by atoms with Crippen molar-refractivity contribution in [3.8, 4) is 0 Å². The smallest absolute Gasteiger partial charge is 0.255 e. The number of carbonyl (C=O) groups excluding carboxylic acids is 1. The average molecular weight is 380 g/mol. The SMILES string of the molecule is CCCN(CC(F)F)C(=O)Cc1ccc(S(=O)(=O)N2CCCC2)s1. The minimum atomic E-state index is -3.50. The van der Waals surface area contributed by atoms with Gasteiger partial charge in [-0.1, -0.05) is 6.92 Å². The van der Waals surface area contributed by atoms with Gasteiger partial charge in [0, 0.05) is 24.5 Å². The van der Waals surface area contributed by atoms with Crippen molar-refractivity contribution >= 4 is 27.3 Å². The molecule has 136 valence electrons. The number of amides is 1. The molecule has 2 rings (SSSR count). The van der Waals surface area contributed by atoms with Crippen LogP contribution in [0.4, 0.5) is 8.78 Å². The van der Waals surface area contributed by atoms with Gasteiger partial charge in [0.2, 0.25) is 5.91 Å². The van der Waals surface area contributed by atoms with Crippen molar-refractivity contribution in [3.63, 3.8) is 0 Å². The molecule has 0 spiro atoms. The molecule has 9 heteroatoms. The summed E-state index contributed by atoms with van der Waals surface area (Å²) < 4.78 is 51.7. The second-order valence-corrected chi connectivity index (χ2v) is 9.07. The number of sulfonamides is 1. The second-order valence-electron chi connectivity index (χ2n) is 5.74. The molecule has 0 N–H and O–H groups in total. The largest absolute Gasteiger partial charge is 0.337 e. The van der Waals surface area contributed by atoms with Crippen molar-refractivity contribution in [3.05, 3.63) is 17.0 Å². The molecule has 1 fully saturated rings. The molecule has 0 atom stereocenters. The number of alkyl halides is 2. The number of hydrogen-bond acceptors (Lipinski definition) is 4. The van der Waals surface area contributed by atoms with E-state index in [4.69, 9.17) is 0 Å². The maximum Gasteiger partial charge on any atom is 0.255 e. The summed E-state index contributed by atoms with van der Waals surface area (Å²) in [5.74, 6) is -0.399. The molecular weight excluding hydrogens is 358 g/mol. The minimum absolute atomic E-state index is 0.0487. The Balaban J connectivity index is 2.05. The number of halogens is 2. The number of nitrogens with zero attached hydrogens (tertiary/aromatic N) is 2. The van der Waals surface area contributed by atoms with Gasteiger partial charge in [-0.15, -0.1) is 11.3 Å². The lowest BCUT2D eigenvalue weighted by molar-refractivity contribution is -0.132. The van der Waals surface area contributed by atoms with Gasteiger partial charge in [0.15, 0.2) is 0 Å². The van der Waals surface area contributed by atoms with E-state index in [1.54, 1.807) is 6.07 Å². The van der Waals surface area contributed by atoms with Gasteiger partial charge >= 0.3 is 0 Å². The topological polar surface area (TPSA) is 57.7 Å². The van der Waals surface area contributed by atoms with E-state index in [1.165, 1.54) is 10.4 Å². The van der Waals surface area contributed by atoms with E-state index < -0.39 is 28.9 Å². The van der Waals surface area contributed by atoms with E-state index in [2.05, 4.69) is 0 Å². The fourth-order valence-corrected chi connectivity index (χ4v) is 5.68. The van der Waals surface area contributed by atoms with E-state index in [1.807, 2.05) is 6.92 Å². The third-order valence-corrected chi connectivity index (χ3v) is 7.28. The summed E-state index contributed by atoms with van der Waals surface area (Å²) in [5, 5.41) is 0. The van der Waals surface area contributed by atoms with Crippen LogP contribution in [-0.2, 0) is 21.2 Å². The van der Waals surface area contributed by atoms with Crippen LogP contribution < -0.4 is 0 Å². The molecule has 0 aromatic carbocycles. The van der Waals surface area contributed by atoms with Crippen molar-refractivity contribution < 1.29 is 22.0 Å². The molecule has 24 heavy (non-hydrogen) atoms. The lowest BCUT2D eigenvalue weighted by Crippen LogP contribution is -2.36. The summed E-state index contributed by atoms with van der Waals surface area (Å²) >= 11 is 1.04. The molecule has 0 unspecified atom stereocenters. The van der Waals surface area contributed by atoms with Crippen molar-refractivity contribution in [2.24, 2.45) is 0 Å². The first-order valence-electron chi connectivity index (χ1n) is 7.99. The minimum Gasteiger partial charge on any atom is -0.337 e. The average Bonchev–Trinajstić information content (AvgIpc) is 3.18. The third kappa shape index (κ3) is 4.73. The lowest BCUT2D eigenvalue weighted by Gasteiger charge is -2.21. The fraction of sp³-hybridized carbons (Fsp3) is 0.667. The molecule has 5 nitrogen and oxygen atoms in total. The quantitative estimate of drug-likeness (QED) is 0.697. The second kappa shape index (κ2) is 8.35. The molecule has 0 saturated carbocycles. The summed E-state index contributed by atoms with van der Waals surface area (Å²) in [6.45, 7) is 2.54. The first-order chi connectivity index (χ1) is 11.3. The summed E-state index contributed by atoms with van der Waals surface area (Å²) in [4.78, 5) is 13.9. The van der Waals surface area contributed by atoms with E-state index in [0.717, 1.165) is 29.1 Å². The highest BCUT2D eigenvalue weighted by Gasteiger charge is 2.29. The number of hydrogen-bond donors (Lipinski definition) is 0. The van der Waals surface area contributed by atoms with Crippen molar-refractivity contribution in [1.82, 2.24) is 9.21 Å². The zero-order chi connectivity index (χ0) is 17.7. The Labute approximate surface area is 145 Å². The molecule has 1 amide bonds. The van der Waals surface area contributed by atoms with Crippen LogP contribution in [0.25, 0.3) is 0 Å². The van der Waals surface area contributed by atoms with Gasteiger partial charge in [0.05, 0.1) is 13.0 Å². The van der Waals surface area contributed by atoms with Crippen LogP contribution in [0.2, 0.25) is 0 Å². The normalized spacial score (nSPS) is 16.0. The first-order valence-corrected chi connectivity index (χ1v) is 10.2. The van der Waals surface area contributed by atoms with Crippen molar-refractivity contribution in [2.45, 2.75) is 43.2 Å². The highest BCUT2D eigenvalue weighted by molar-refractivity contribution is 7.91. The van der Waals surface area contributed by atoms with Gasteiger partial charge in [-0.2, -0.15) is 4.31 Å². The van der Waals surface area contributed by atoms with Crippen molar-refractivity contribution in [2.75, 3.05) is 26.2 Å². The Hall–Kier alpha value is -1.06. The molecule has 1 aliphatic rings. The molecular formula is C15H22F2N2O3S2. The van der Waals surface area contributed by atoms with Gasteiger partial charge < -0.3 is 4.90 Å². The Morgan fingerprint density at radius 1 is 1.33 bits per heavy atom. The third-order valence-electron chi connectivity index (χ3n) is 3.83. The summed E-state index contributed by atoms with van der Waals surface area (Å²) in [6.07, 6.45) is -0.315. The maximum absolute atomic E-state index is 12.6. The Morgan fingerprint density at radius 2 is 2.00 bits per heavy atom. The fourth-order valence-electron chi connectivity index (χ4n) is 2.66. The van der Waals surface area contributed by atoms with Gasteiger partial charge in [-0.25, -0.2) is 17.2 Å². The van der Waals surface area contributed by atoms with Crippen LogP contribution >= 0.6 is 11.3 Å². The maximum atomic E-state index is 12.6. The zero-order valence-corrected chi connectivity index (χ0v) is 15.2. The Kier molecular flexibility index (Phi) is 6.70. The summed E-state index contributed by atoms with van der Waals surface area (Å²) in [5.41, 5.74) is 0. The molecule has 1 aromatic rings. The van der Waals surface area contributed by atoms with Crippen LogP contribution in [-0.4, -0.2) is 56.1 Å². The van der Waals surface area contributed by atoms with E-state index in [-0.39, 0.29) is 17.2 Å². The Morgan fingerprint density at radius 3 is 2.58 bits per heavy atom.